The molecule has 0 bridgehead atoms. The first-order valence-electron chi connectivity index (χ1n) is 11.3. The van der Waals surface area contributed by atoms with Gasteiger partial charge in [0, 0.05) is 24.6 Å². The topological polar surface area (TPSA) is 30.9 Å². The minimum absolute atomic E-state index is 0.174. The predicted octanol–water partition coefficient (Wildman–Crippen LogP) is 5.37. The van der Waals surface area contributed by atoms with Gasteiger partial charge in [-0.3, -0.25) is 4.90 Å². The van der Waals surface area contributed by atoms with Crippen molar-refractivity contribution in [2.75, 3.05) is 26.5 Å². The maximum absolute atomic E-state index is 13.5. The first kappa shape index (κ1) is 19.7. The number of halogens is 1. The van der Waals surface area contributed by atoms with E-state index < -0.39 is 0 Å². The minimum atomic E-state index is -0.174. The average molecular weight is 412 g/mol. The molecule has 1 aliphatic carbocycles. The van der Waals surface area contributed by atoms with Crippen molar-refractivity contribution in [2.24, 2.45) is 5.92 Å². The van der Waals surface area contributed by atoms with Crippen LogP contribution in [0.25, 0.3) is 0 Å². The number of piperidine rings is 1. The molecule has 1 saturated carbocycles. The van der Waals surface area contributed by atoms with Gasteiger partial charge in [-0.1, -0.05) is 31.4 Å². The van der Waals surface area contributed by atoms with Crippen LogP contribution in [0.4, 0.5) is 4.39 Å². The number of ether oxygens (including phenoxy) is 3. The standard InChI is InChI=1S/C25H30FNO3/c26-20-8-6-18(7-9-20)23-12-13-27(21-4-2-1-3-5-21)15-19(23)16-28-22-10-11-24-25(14-22)30-17-29-24/h6-11,14,19,21,23H,1-5,12-13,15-17H2/t19-,23-/m1/s1. The van der Waals surface area contributed by atoms with E-state index in [0.717, 1.165) is 36.8 Å². The molecule has 2 heterocycles. The number of nitrogens with zero attached hydrogens (tertiary/aromatic N) is 1. The molecule has 4 nitrogen and oxygen atoms in total. The Morgan fingerprint density at radius 3 is 2.57 bits per heavy atom. The maximum Gasteiger partial charge on any atom is 0.231 e. The Bertz CT molecular complexity index is 850. The molecule has 0 unspecified atom stereocenters. The van der Waals surface area contributed by atoms with Gasteiger partial charge >= 0.3 is 0 Å². The van der Waals surface area contributed by atoms with Crippen LogP contribution in [0.1, 0.15) is 50.0 Å². The summed E-state index contributed by atoms with van der Waals surface area (Å²) in [4.78, 5) is 2.69. The summed E-state index contributed by atoms with van der Waals surface area (Å²) in [5, 5.41) is 0. The molecule has 2 aliphatic heterocycles. The van der Waals surface area contributed by atoms with Crippen LogP contribution >= 0.6 is 0 Å². The summed E-state index contributed by atoms with van der Waals surface area (Å²) in [5.74, 6) is 2.91. The highest BCUT2D eigenvalue weighted by molar-refractivity contribution is 5.46. The van der Waals surface area contributed by atoms with E-state index in [1.165, 1.54) is 37.7 Å². The van der Waals surface area contributed by atoms with E-state index >= 15 is 0 Å². The van der Waals surface area contributed by atoms with Crippen LogP contribution in [0.15, 0.2) is 42.5 Å². The third kappa shape index (κ3) is 4.27. The van der Waals surface area contributed by atoms with Crippen molar-refractivity contribution >= 4 is 0 Å². The van der Waals surface area contributed by atoms with Gasteiger partial charge in [-0.15, -0.1) is 0 Å². The number of hydrogen-bond acceptors (Lipinski definition) is 4. The molecule has 1 saturated heterocycles. The third-order valence-electron chi connectivity index (χ3n) is 6.96. The zero-order valence-corrected chi connectivity index (χ0v) is 17.4. The molecule has 160 valence electrons. The first-order chi connectivity index (χ1) is 14.8. The Morgan fingerprint density at radius 2 is 1.73 bits per heavy atom. The van der Waals surface area contributed by atoms with Crippen molar-refractivity contribution in [3.63, 3.8) is 0 Å². The molecule has 0 radical (unpaired) electrons. The number of fused-ring (bicyclic) bond motifs is 1. The molecule has 0 spiro atoms. The van der Waals surface area contributed by atoms with Crippen molar-refractivity contribution in [3.05, 3.63) is 53.8 Å². The summed E-state index contributed by atoms with van der Waals surface area (Å²) >= 11 is 0. The molecular formula is C25H30FNO3. The highest BCUT2D eigenvalue weighted by Gasteiger charge is 2.34. The molecule has 2 aromatic rings. The Morgan fingerprint density at radius 1 is 0.933 bits per heavy atom. The van der Waals surface area contributed by atoms with Crippen molar-refractivity contribution in [1.29, 1.82) is 0 Å². The minimum Gasteiger partial charge on any atom is -0.493 e. The van der Waals surface area contributed by atoms with Gasteiger partial charge in [0.1, 0.15) is 11.6 Å². The van der Waals surface area contributed by atoms with Crippen molar-refractivity contribution in [3.8, 4) is 17.2 Å². The van der Waals surface area contributed by atoms with Crippen LogP contribution in [0.3, 0.4) is 0 Å². The molecule has 2 aromatic carbocycles. The van der Waals surface area contributed by atoms with Gasteiger partial charge < -0.3 is 14.2 Å². The molecule has 2 fully saturated rings. The normalized spacial score (nSPS) is 24.7. The first-order valence-corrected chi connectivity index (χ1v) is 11.3. The molecule has 5 heteroatoms. The smallest absolute Gasteiger partial charge is 0.231 e. The summed E-state index contributed by atoms with van der Waals surface area (Å²) in [6.45, 7) is 3.07. The highest BCUT2D eigenvalue weighted by Crippen LogP contribution is 2.38. The SMILES string of the molecule is Fc1ccc([C@H]2CCN(C3CCCCC3)C[C@@H]2COc2ccc3c(c2)OCO3)cc1. The van der Waals surface area contributed by atoms with Gasteiger partial charge in [-0.2, -0.15) is 0 Å². The van der Waals surface area contributed by atoms with Crippen molar-refractivity contribution in [1.82, 2.24) is 4.90 Å². The average Bonchev–Trinajstić information content (AvgIpc) is 3.27. The fourth-order valence-electron chi connectivity index (χ4n) is 5.33. The third-order valence-corrected chi connectivity index (χ3v) is 6.96. The largest absolute Gasteiger partial charge is 0.493 e. The maximum atomic E-state index is 13.5. The summed E-state index contributed by atoms with van der Waals surface area (Å²) in [6.07, 6.45) is 7.80. The van der Waals surface area contributed by atoms with E-state index in [1.54, 1.807) is 12.1 Å². The zero-order chi connectivity index (χ0) is 20.3. The molecule has 0 amide bonds. The quantitative estimate of drug-likeness (QED) is 0.662. The number of benzene rings is 2. The lowest BCUT2D eigenvalue weighted by atomic mass is 9.79. The van der Waals surface area contributed by atoms with Crippen LogP contribution in [0.2, 0.25) is 0 Å². The summed E-state index contributed by atoms with van der Waals surface area (Å²) in [7, 11) is 0. The molecule has 30 heavy (non-hydrogen) atoms. The van der Waals surface area contributed by atoms with E-state index in [-0.39, 0.29) is 12.6 Å². The van der Waals surface area contributed by atoms with Gasteiger partial charge in [0.25, 0.3) is 0 Å². The molecule has 2 atom stereocenters. The molecule has 5 rings (SSSR count). The van der Waals surface area contributed by atoms with Crippen LogP contribution in [-0.2, 0) is 0 Å². The fraction of sp³-hybridized carbons (Fsp3) is 0.520. The van der Waals surface area contributed by atoms with Gasteiger partial charge in [0.15, 0.2) is 11.5 Å². The van der Waals surface area contributed by atoms with E-state index in [9.17, 15) is 4.39 Å². The van der Waals surface area contributed by atoms with Crippen molar-refractivity contribution < 1.29 is 18.6 Å². The monoisotopic (exact) mass is 411 g/mol. The number of likely N-dealkylation sites (tertiary alicyclic amines) is 1. The summed E-state index contributed by atoms with van der Waals surface area (Å²) < 4.78 is 30.6. The second-order valence-corrected chi connectivity index (χ2v) is 8.82. The van der Waals surface area contributed by atoms with Crippen molar-refractivity contribution in [2.45, 2.75) is 50.5 Å². The number of hydrogen-bond donors (Lipinski definition) is 0. The lowest BCUT2D eigenvalue weighted by Crippen LogP contribution is -2.47. The van der Waals surface area contributed by atoms with Gasteiger partial charge in [-0.25, -0.2) is 4.39 Å². The second kappa shape index (κ2) is 8.84. The molecule has 0 aromatic heterocycles. The Labute approximate surface area is 177 Å². The summed E-state index contributed by atoms with van der Waals surface area (Å²) in [5.41, 5.74) is 1.22. The second-order valence-electron chi connectivity index (χ2n) is 8.82. The van der Waals surface area contributed by atoms with Crippen LogP contribution in [0.5, 0.6) is 17.2 Å². The number of rotatable bonds is 5. The summed E-state index contributed by atoms with van der Waals surface area (Å²) in [6, 6.07) is 13.5. The fourth-order valence-corrected chi connectivity index (χ4v) is 5.33. The molecule has 0 N–H and O–H groups in total. The van der Waals surface area contributed by atoms with Crippen LogP contribution in [0, 0.1) is 11.7 Å². The van der Waals surface area contributed by atoms with Crippen LogP contribution < -0.4 is 14.2 Å². The highest BCUT2D eigenvalue weighted by atomic mass is 19.1. The van der Waals surface area contributed by atoms with E-state index in [1.807, 2.05) is 30.3 Å². The van der Waals surface area contributed by atoms with Gasteiger partial charge in [0.05, 0.1) is 6.61 Å². The van der Waals surface area contributed by atoms with Gasteiger partial charge in [-0.05, 0) is 61.6 Å². The molecule has 3 aliphatic rings. The van der Waals surface area contributed by atoms with E-state index in [4.69, 9.17) is 14.2 Å². The van der Waals surface area contributed by atoms with Crippen LogP contribution in [-0.4, -0.2) is 37.4 Å². The zero-order valence-electron chi connectivity index (χ0n) is 17.4. The molecular weight excluding hydrogens is 381 g/mol. The Hall–Kier alpha value is -2.27. The van der Waals surface area contributed by atoms with E-state index in [2.05, 4.69) is 4.90 Å². The predicted molar refractivity (Wildman–Crippen MR) is 114 cm³/mol. The van der Waals surface area contributed by atoms with Gasteiger partial charge in [0.2, 0.25) is 6.79 Å². The van der Waals surface area contributed by atoms with E-state index in [0.29, 0.717) is 24.5 Å². The lowest BCUT2D eigenvalue weighted by molar-refractivity contribution is 0.0639. The Kier molecular flexibility index (Phi) is 5.80. The lowest BCUT2D eigenvalue weighted by Gasteiger charge is -2.43. The Balaban J connectivity index is 1.31.